The number of carbonyl (C=O) groups excluding carboxylic acids is 1. The van der Waals surface area contributed by atoms with Gasteiger partial charge in [-0.1, -0.05) is 6.07 Å². The number of rotatable bonds is 4. The minimum atomic E-state index is -4.55. The number of aryl methyl sites for hydroxylation is 1. The van der Waals surface area contributed by atoms with Crippen LogP contribution in [-0.2, 0) is 13.2 Å². The average molecular weight is 408 g/mol. The average Bonchev–Trinajstić information content (AvgIpc) is 3.26. The lowest BCUT2D eigenvalue weighted by atomic mass is 10.1. The first kappa shape index (κ1) is 18.5. The van der Waals surface area contributed by atoms with E-state index in [-0.39, 0.29) is 19.0 Å². The molecule has 1 saturated heterocycles. The van der Waals surface area contributed by atoms with E-state index in [0.29, 0.717) is 11.4 Å². The van der Waals surface area contributed by atoms with Gasteiger partial charge < -0.3 is 9.64 Å². The van der Waals surface area contributed by atoms with Crippen molar-refractivity contribution in [3.05, 3.63) is 53.2 Å². The molecule has 0 atom stereocenters. The van der Waals surface area contributed by atoms with Crippen molar-refractivity contribution < 1.29 is 22.7 Å². The fourth-order valence-corrected chi connectivity index (χ4v) is 3.59. The smallest absolute Gasteiger partial charge is 0.421 e. The molecule has 0 aromatic carbocycles. The van der Waals surface area contributed by atoms with E-state index < -0.39 is 23.7 Å². The van der Waals surface area contributed by atoms with Crippen molar-refractivity contribution in [2.75, 3.05) is 13.1 Å². The van der Waals surface area contributed by atoms with Crippen LogP contribution >= 0.6 is 11.3 Å². The Hall–Kier alpha value is -2.88. The van der Waals surface area contributed by atoms with Gasteiger partial charge in [0.05, 0.1) is 18.0 Å². The number of halogens is 3. The number of pyridine rings is 1. The van der Waals surface area contributed by atoms with Crippen LogP contribution < -0.4 is 4.74 Å². The molecule has 146 valence electrons. The fourth-order valence-electron chi connectivity index (χ4n) is 2.91. The lowest BCUT2D eigenvalue weighted by Gasteiger charge is -2.38. The monoisotopic (exact) mass is 408 g/mol. The first-order chi connectivity index (χ1) is 13.3. The van der Waals surface area contributed by atoms with Crippen LogP contribution in [0.2, 0.25) is 0 Å². The Labute approximate surface area is 162 Å². The molecule has 28 heavy (non-hydrogen) atoms. The summed E-state index contributed by atoms with van der Waals surface area (Å²) >= 11 is 1.52. The van der Waals surface area contributed by atoms with Crippen molar-refractivity contribution in [3.8, 4) is 16.5 Å². The van der Waals surface area contributed by atoms with Crippen LogP contribution in [0.3, 0.4) is 0 Å². The number of hydrogen-bond acceptors (Lipinski definition) is 5. The SMILES string of the molecule is Cn1nc(-c2cccs2)cc1C(=O)N1CC(Oc2ncccc2C(F)(F)F)C1. The summed E-state index contributed by atoms with van der Waals surface area (Å²) in [7, 11) is 1.68. The van der Waals surface area contributed by atoms with E-state index >= 15 is 0 Å². The van der Waals surface area contributed by atoms with Crippen LogP contribution in [0.15, 0.2) is 41.9 Å². The van der Waals surface area contributed by atoms with Gasteiger partial charge in [0, 0.05) is 13.2 Å². The van der Waals surface area contributed by atoms with Crippen molar-refractivity contribution in [2.24, 2.45) is 7.05 Å². The zero-order valence-electron chi connectivity index (χ0n) is 14.7. The molecule has 1 aliphatic rings. The van der Waals surface area contributed by atoms with E-state index in [4.69, 9.17) is 4.74 Å². The summed E-state index contributed by atoms with van der Waals surface area (Å²) in [6.45, 7) is 0.373. The molecule has 0 aliphatic carbocycles. The van der Waals surface area contributed by atoms with Gasteiger partial charge in [-0.2, -0.15) is 18.3 Å². The maximum atomic E-state index is 13.0. The number of ether oxygens (including phenoxy) is 1. The summed E-state index contributed by atoms with van der Waals surface area (Å²) in [5.74, 6) is -0.706. The predicted octanol–water partition coefficient (Wildman–Crippen LogP) is 3.47. The van der Waals surface area contributed by atoms with Gasteiger partial charge in [0.15, 0.2) is 0 Å². The van der Waals surface area contributed by atoms with Gasteiger partial charge in [0.25, 0.3) is 5.91 Å². The Morgan fingerprint density at radius 3 is 2.75 bits per heavy atom. The van der Waals surface area contributed by atoms with Crippen LogP contribution in [-0.4, -0.2) is 44.8 Å². The van der Waals surface area contributed by atoms with Crippen LogP contribution in [0.5, 0.6) is 5.88 Å². The molecule has 1 aliphatic heterocycles. The Balaban J connectivity index is 1.42. The van der Waals surface area contributed by atoms with Gasteiger partial charge in [-0.25, -0.2) is 4.98 Å². The summed E-state index contributed by atoms with van der Waals surface area (Å²) in [6, 6.07) is 7.66. The molecule has 1 fully saturated rings. The van der Waals surface area contributed by atoms with Gasteiger partial charge in [0.2, 0.25) is 5.88 Å². The van der Waals surface area contributed by atoms with Gasteiger partial charge in [-0.15, -0.1) is 11.3 Å². The first-order valence-electron chi connectivity index (χ1n) is 8.39. The second-order valence-corrected chi connectivity index (χ2v) is 7.27. The highest BCUT2D eigenvalue weighted by Crippen LogP contribution is 2.35. The number of amides is 1. The lowest BCUT2D eigenvalue weighted by molar-refractivity contribution is -0.140. The number of aromatic nitrogens is 3. The predicted molar refractivity (Wildman–Crippen MR) is 96.1 cm³/mol. The molecule has 3 aromatic heterocycles. The molecular formula is C18H15F3N4O2S. The Bertz CT molecular complexity index is 995. The molecule has 0 saturated carbocycles. The summed E-state index contributed by atoms with van der Waals surface area (Å²) in [6.07, 6.45) is -3.84. The molecule has 10 heteroatoms. The third kappa shape index (κ3) is 3.47. The molecule has 4 rings (SSSR count). The lowest BCUT2D eigenvalue weighted by Crippen LogP contribution is -2.56. The molecule has 6 nitrogen and oxygen atoms in total. The minimum Gasteiger partial charge on any atom is -0.470 e. The van der Waals surface area contributed by atoms with Crippen LogP contribution in [0.4, 0.5) is 13.2 Å². The topological polar surface area (TPSA) is 60.2 Å². The van der Waals surface area contributed by atoms with Gasteiger partial charge in [-0.3, -0.25) is 9.48 Å². The maximum absolute atomic E-state index is 13.0. The van der Waals surface area contributed by atoms with Crippen LogP contribution in [0.25, 0.3) is 10.6 Å². The summed E-state index contributed by atoms with van der Waals surface area (Å²) in [4.78, 5) is 18.8. The zero-order valence-corrected chi connectivity index (χ0v) is 15.5. The van der Waals surface area contributed by atoms with Crippen molar-refractivity contribution in [2.45, 2.75) is 12.3 Å². The summed E-state index contributed by atoms with van der Waals surface area (Å²) in [5, 5.41) is 6.28. The second kappa shape index (κ2) is 6.93. The molecule has 0 radical (unpaired) electrons. The molecule has 0 spiro atoms. The largest absolute Gasteiger partial charge is 0.470 e. The van der Waals surface area contributed by atoms with E-state index in [1.165, 1.54) is 33.2 Å². The van der Waals surface area contributed by atoms with Crippen LogP contribution in [0.1, 0.15) is 16.1 Å². The maximum Gasteiger partial charge on any atom is 0.421 e. The Morgan fingerprint density at radius 2 is 2.07 bits per heavy atom. The molecule has 4 heterocycles. The quantitative estimate of drug-likeness (QED) is 0.663. The Morgan fingerprint density at radius 1 is 1.29 bits per heavy atom. The number of carbonyl (C=O) groups is 1. The van der Waals surface area contributed by atoms with E-state index in [9.17, 15) is 18.0 Å². The highest BCUT2D eigenvalue weighted by molar-refractivity contribution is 7.13. The molecule has 0 bridgehead atoms. The van der Waals surface area contributed by atoms with Gasteiger partial charge in [-0.05, 0) is 29.6 Å². The number of alkyl halides is 3. The third-order valence-corrected chi connectivity index (χ3v) is 5.26. The zero-order chi connectivity index (χ0) is 19.9. The van der Waals surface area contributed by atoms with Crippen molar-refractivity contribution >= 4 is 17.2 Å². The highest BCUT2D eigenvalue weighted by Gasteiger charge is 2.39. The normalized spacial score (nSPS) is 14.8. The molecule has 1 amide bonds. The van der Waals surface area contributed by atoms with Crippen molar-refractivity contribution in [3.63, 3.8) is 0 Å². The minimum absolute atomic E-state index is 0.187. The molecule has 0 unspecified atom stereocenters. The van der Waals surface area contributed by atoms with Crippen molar-refractivity contribution in [1.82, 2.24) is 19.7 Å². The van der Waals surface area contributed by atoms with E-state index in [1.807, 2.05) is 17.5 Å². The van der Waals surface area contributed by atoms with Gasteiger partial charge >= 0.3 is 6.18 Å². The number of thiophene rings is 1. The van der Waals surface area contributed by atoms with E-state index in [2.05, 4.69) is 10.1 Å². The number of likely N-dealkylation sites (tertiary alicyclic amines) is 1. The number of nitrogens with zero attached hydrogens (tertiary/aromatic N) is 4. The summed E-state index contributed by atoms with van der Waals surface area (Å²) in [5.41, 5.74) is 0.195. The highest BCUT2D eigenvalue weighted by atomic mass is 32.1. The summed E-state index contributed by atoms with van der Waals surface area (Å²) < 4.78 is 45.9. The molecule has 3 aromatic rings. The standard InChI is InChI=1S/C18H15F3N4O2S/c1-24-14(8-13(23-24)15-5-3-7-28-15)17(26)25-9-11(10-25)27-16-12(18(19,20)21)4-2-6-22-16/h2-8,11H,9-10H2,1H3. The van der Waals surface area contributed by atoms with Crippen LogP contribution in [0, 0.1) is 0 Å². The van der Waals surface area contributed by atoms with Crippen molar-refractivity contribution in [1.29, 1.82) is 0 Å². The third-order valence-electron chi connectivity index (χ3n) is 4.36. The molecule has 0 N–H and O–H groups in total. The number of hydrogen-bond donors (Lipinski definition) is 0. The Kier molecular flexibility index (Phi) is 4.58. The van der Waals surface area contributed by atoms with E-state index in [0.717, 1.165) is 10.9 Å². The first-order valence-corrected chi connectivity index (χ1v) is 9.27. The fraction of sp³-hybridized carbons (Fsp3) is 0.278. The van der Waals surface area contributed by atoms with E-state index in [1.54, 1.807) is 13.1 Å². The molecular weight excluding hydrogens is 393 g/mol. The van der Waals surface area contributed by atoms with Gasteiger partial charge in [0.1, 0.15) is 23.1 Å². The second-order valence-electron chi connectivity index (χ2n) is 6.32.